The van der Waals surface area contributed by atoms with Crippen LogP contribution in [0.1, 0.15) is 31.8 Å². The van der Waals surface area contributed by atoms with E-state index in [2.05, 4.69) is 22.1 Å². The zero-order chi connectivity index (χ0) is 23.3. The minimum atomic E-state index is 0.644. The van der Waals surface area contributed by atoms with Crippen LogP contribution in [-0.2, 0) is 13.1 Å². The SMILES string of the molecule is O=Cc1ccc(-c2cc(Cn3ccnc3)c(-c3ccc(C=O)cc3)cc2Cn2ccnc2)cc1. The fourth-order valence-electron chi connectivity index (χ4n) is 4.12. The molecule has 2 heterocycles. The van der Waals surface area contributed by atoms with E-state index in [-0.39, 0.29) is 0 Å². The third kappa shape index (κ3) is 4.47. The maximum Gasteiger partial charge on any atom is 0.150 e. The van der Waals surface area contributed by atoms with E-state index >= 15 is 0 Å². The van der Waals surface area contributed by atoms with Gasteiger partial charge in [-0.15, -0.1) is 0 Å². The van der Waals surface area contributed by atoms with Crippen LogP contribution >= 0.6 is 0 Å². The highest BCUT2D eigenvalue weighted by atomic mass is 16.1. The van der Waals surface area contributed by atoms with Crippen LogP contribution in [-0.4, -0.2) is 31.7 Å². The summed E-state index contributed by atoms with van der Waals surface area (Å²) in [6.45, 7) is 1.30. The van der Waals surface area contributed by atoms with Crippen LogP contribution in [0.5, 0.6) is 0 Å². The number of hydrogen-bond acceptors (Lipinski definition) is 4. The van der Waals surface area contributed by atoms with E-state index < -0.39 is 0 Å². The second kappa shape index (κ2) is 9.50. The van der Waals surface area contributed by atoms with Gasteiger partial charge in [0.2, 0.25) is 0 Å². The average Bonchev–Trinajstić information content (AvgIpc) is 3.59. The lowest BCUT2D eigenvalue weighted by molar-refractivity contribution is 0.111. The Kier molecular flexibility index (Phi) is 5.95. The molecule has 0 N–H and O–H groups in total. The molecule has 2 aromatic heterocycles. The number of aldehydes is 2. The molecule has 0 aliphatic rings. The summed E-state index contributed by atoms with van der Waals surface area (Å²) in [5.41, 5.74) is 7.80. The Morgan fingerprint density at radius 1 is 0.618 bits per heavy atom. The van der Waals surface area contributed by atoms with Gasteiger partial charge in [-0.2, -0.15) is 0 Å². The van der Waals surface area contributed by atoms with E-state index in [1.165, 1.54) is 0 Å². The first kappa shape index (κ1) is 21.3. The van der Waals surface area contributed by atoms with Crippen molar-refractivity contribution in [2.45, 2.75) is 13.1 Å². The molecule has 6 nitrogen and oxygen atoms in total. The number of rotatable bonds is 8. The largest absolute Gasteiger partial charge is 0.333 e. The number of aromatic nitrogens is 4. The molecule has 0 saturated carbocycles. The maximum absolute atomic E-state index is 11.2. The minimum Gasteiger partial charge on any atom is -0.333 e. The fraction of sp³-hybridized carbons (Fsp3) is 0.0714. The predicted molar refractivity (Wildman–Crippen MR) is 131 cm³/mol. The van der Waals surface area contributed by atoms with Gasteiger partial charge in [0.05, 0.1) is 12.7 Å². The highest BCUT2D eigenvalue weighted by molar-refractivity contribution is 5.81. The number of carbonyl (C=O) groups is 2. The van der Waals surface area contributed by atoms with Gasteiger partial charge in [0, 0.05) is 49.0 Å². The van der Waals surface area contributed by atoms with Gasteiger partial charge < -0.3 is 9.13 Å². The molecule has 0 unspecified atom stereocenters. The highest BCUT2D eigenvalue weighted by Gasteiger charge is 2.15. The van der Waals surface area contributed by atoms with E-state index in [1.54, 1.807) is 25.0 Å². The molecule has 3 aromatic carbocycles. The molecule has 0 fully saturated rings. The van der Waals surface area contributed by atoms with Crippen molar-refractivity contribution in [3.05, 3.63) is 120 Å². The lowest BCUT2D eigenvalue weighted by Gasteiger charge is -2.18. The van der Waals surface area contributed by atoms with Gasteiger partial charge in [-0.05, 0) is 45.5 Å². The normalized spacial score (nSPS) is 10.8. The highest BCUT2D eigenvalue weighted by Crippen LogP contribution is 2.34. The standard InChI is InChI=1S/C28H22N4O2/c33-17-21-1-5-23(6-2-21)27-13-26(16-32-12-10-30-20-32)28(24-7-3-22(18-34)4-8-24)14-25(27)15-31-11-9-29-19-31/h1-14,17-20H,15-16H2. The van der Waals surface area contributed by atoms with Crippen molar-refractivity contribution < 1.29 is 9.59 Å². The Bertz CT molecular complexity index is 1290. The Morgan fingerprint density at radius 3 is 1.35 bits per heavy atom. The van der Waals surface area contributed by atoms with Crippen molar-refractivity contribution in [1.82, 2.24) is 19.1 Å². The number of hydrogen-bond donors (Lipinski definition) is 0. The molecular formula is C28H22N4O2. The van der Waals surface area contributed by atoms with Gasteiger partial charge in [-0.3, -0.25) is 9.59 Å². The van der Waals surface area contributed by atoms with E-state index in [1.807, 2.05) is 70.1 Å². The van der Waals surface area contributed by atoms with Crippen LogP contribution < -0.4 is 0 Å². The Hall–Kier alpha value is -4.58. The van der Waals surface area contributed by atoms with Crippen LogP contribution in [0.25, 0.3) is 22.3 Å². The summed E-state index contributed by atoms with van der Waals surface area (Å²) in [6, 6.07) is 19.7. The third-order valence-corrected chi connectivity index (χ3v) is 5.87. The quantitative estimate of drug-likeness (QED) is 0.310. The van der Waals surface area contributed by atoms with E-state index in [4.69, 9.17) is 0 Å². The zero-order valence-electron chi connectivity index (χ0n) is 18.4. The molecule has 0 saturated heterocycles. The minimum absolute atomic E-state index is 0.644. The van der Waals surface area contributed by atoms with Crippen LogP contribution in [0.4, 0.5) is 0 Å². The maximum atomic E-state index is 11.2. The first-order valence-corrected chi connectivity index (χ1v) is 10.9. The zero-order valence-corrected chi connectivity index (χ0v) is 18.4. The van der Waals surface area contributed by atoms with Crippen LogP contribution in [0, 0.1) is 0 Å². The molecule has 0 aliphatic heterocycles. The van der Waals surface area contributed by atoms with Gasteiger partial charge in [0.15, 0.2) is 0 Å². The van der Waals surface area contributed by atoms with Gasteiger partial charge in [0.1, 0.15) is 12.6 Å². The lowest BCUT2D eigenvalue weighted by Crippen LogP contribution is -2.05. The fourth-order valence-corrected chi connectivity index (χ4v) is 4.12. The van der Waals surface area contributed by atoms with Crippen molar-refractivity contribution in [2.75, 3.05) is 0 Å². The Labute approximate surface area is 197 Å². The first-order chi connectivity index (χ1) is 16.7. The molecule has 166 valence electrons. The predicted octanol–water partition coefficient (Wildman–Crippen LogP) is 5.14. The number of nitrogens with zero attached hydrogens (tertiary/aromatic N) is 4. The molecule has 0 spiro atoms. The van der Waals surface area contributed by atoms with Gasteiger partial charge in [-0.1, -0.05) is 48.5 Å². The summed E-state index contributed by atoms with van der Waals surface area (Å²) in [6.07, 6.45) is 12.7. The van der Waals surface area contributed by atoms with Crippen molar-refractivity contribution in [3.8, 4) is 22.3 Å². The molecule has 5 rings (SSSR count). The molecule has 5 aromatic rings. The first-order valence-electron chi connectivity index (χ1n) is 10.9. The van der Waals surface area contributed by atoms with Gasteiger partial charge in [0.25, 0.3) is 0 Å². The lowest BCUT2D eigenvalue weighted by atomic mass is 9.90. The number of benzene rings is 3. The van der Waals surface area contributed by atoms with E-state index in [0.717, 1.165) is 46.0 Å². The van der Waals surface area contributed by atoms with Crippen LogP contribution in [0.15, 0.2) is 98.1 Å². The average molecular weight is 447 g/mol. The van der Waals surface area contributed by atoms with E-state index in [0.29, 0.717) is 24.2 Å². The molecule has 0 atom stereocenters. The number of imidazole rings is 2. The Balaban J connectivity index is 1.69. The molecule has 0 bridgehead atoms. The summed E-state index contributed by atoms with van der Waals surface area (Å²) in [5, 5.41) is 0. The van der Waals surface area contributed by atoms with E-state index in [9.17, 15) is 9.59 Å². The molecule has 0 aliphatic carbocycles. The van der Waals surface area contributed by atoms with Gasteiger partial charge >= 0.3 is 0 Å². The molecular weight excluding hydrogens is 424 g/mol. The molecule has 0 amide bonds. The second-order valence-electron chi connectivity index (χ2n) is 8.12. The summed E-state index contributed by atoms with van der Waals surface area (Å²) in [7, 11) is 0. The summed E-state index contributed by atoms with van der Waals surface area (Å²) < 4.78 is 4.07. The van der Waals surface area contributed by atoms with Crippen molar-refractivity contribution in [1.29, 1.82) is 0 Å². The second-order valence-corrected chi connectivity index (χ2v) is 8.12. The molecule has 34 heavy (non-hydrogen) atoms. The summed E-state index contributed by atoms with van der Waals surface area (Å²) in [5.74, 6) is 0. The molecule has 6 heteroatoms. The van der Waals surface area contributed by atoms with Crippen molar-refractivity contribution >= 4 is 12.6 Å². The van der Waals surface area contributed by atoms with Crippen molar-refractivity contribution in [2.24, 2.45) is 0 Å². The topological polar surface area (TPSA) is 69.8 Å². The smallest absolute Gasteiger partial charge is 0.150 e. The van der Waals surface area contributed by atoms with Gasteiger partial charge in [-0.25, -0.2) is 9.97 Å². The van der Waals surface area contributed by atoms with Crippen LogP contribution in [0.2, 0.25) is 0 Å². The number of carbonyl (C=O) groups excluding carboxylic acids is 2. The third-order valence-electron chi connectivity index (χ3n) is 5.87. The summed E-state index contributed by atoms with van der Waals surface area (Å²) >= 11 is 0. The van der Waals surface area contributed by atoms with Crippen LogP contribution in [0.3, 0.4) is 0 Å². The van der Waals surface area contributed by atoms with Crippen molar-refractivity contribution in [3.63, 3.8) is 0 Å². The monoisotopic (exact) mass is 446 g/mol. The molecule has 0 radical (unpaired) electrons. The summed E-state index contributed by atoms with van der Waals surface area (Å²) in [4.78, 5) is 30.7. The Morgan fingerprint density at radius 2 is 1.03 bits per heavy atom.